The summed E-state index contributed by atoms with van der Waals surface area (Å²) >= 11 is 0. The zero-order valence-corrected chi connectivity index (χ0v) is 9.76. The molecule has 4 nitrogen and oxygen atoms in total. The molecule has 2 heterocycles. The Balaban J connectivity index is 2.43. The zero-order valence-electron chi connectivity index (χ0n) is 9.76. The molecule has 0 aliphatic heterocycles. The van der Waals surface area contributed by atoms with Crippen LogP contribution in [0, 0.1) is 12.7 Å². The SMILES string of the molecule is CCn1nc(C)cc1C(O)c1ccncc1F. The van der Waals surface area contributed by atoms with Gasteiger partial charge in [0.25, 0.3) is 0 Å². The monoisotopic (exact) mass is 235 g/mol. The van der Waals surface area contributed by atoms with Crippen molar-refractivity contribution in [3.8, 4) is 0 Å². The Morgan fingerprint density at radius 1 is 1.53 bits per heavy atom. The van der Waals surface area contributed by atoms with Crippen LogP contribution in [0.1, 0.15) is 30.0 Å². The van der Waals surface area contributed by atoms with Gasteiger partial charge in [0.05, 0.1) is 17.6 Å². The van der Waals surface area contributed by atoms with Crippen LogP contribution in [0.15, 0.2) is 24.5 Å². The Morgan fingerprint density at radius 2 is 2.29 bits per heavy atom. The topological polar surface area (TPSA) is 50.9 Å². The van der Waals surface area contributed by atoms with E-state index < -0.39 is 11.9 Å². The summed E-state index contributed by atoms with van der Waals surface area (Å²) in [6, 6.07) is 3.23. The van der Waals surface area contributed by atoms with Gasteiger partial charge in [-0.15, -0.1) is 0 Å². The Bertz CT molecular complexity index is 524. The molecule has 5 heteroatoms. The predicted octanol–water partition coefficient (Wildman–Crippen LogP) is 1.83. The molecule has 2 aromatic heterocycles. The molecular formula is C12H14FN3O. The lowest BCUT2D eigenvalue weighted by atomic mass is 10.1. The highest BCUT2D eigenvalue weighted by Gasteiger charge is 2.19. The molecule has 90 valence electrons. The fraction of sp³-hybridized carbons (Fsp3) is 0.333. The second-order valence-corrected chi connectivity index (χ2v) is 3.83. The van der Waals surface area contributed by atoms with Crippen molar-refractivity contribution in [1.29, 1.82) is 0 Å². The largest absolute Gasteiger partial charge is 0.382 e. The molecular weight excluding hydrogens is 221 g/mol. The number of halogens is 1. The number of hydrogen-bond acceptors (Lipinski definition) is 3. The number of aliphatic hydroxyl groups is 1. The number of nitrogens with zero attached hydrogens (tertiary/aromatic N) is 3. The van der Waals surface area contributed by atoms with Crippen molar-refractivity contribution in [3.05, 3.63) is 47.3 Å². The highest BCUT2D eigenvalue weighted by molar-refractivity contribution is 5.26. The first-order chi connectivity index (χ1) is 8.13. The number of pyridine rings is 1. The van der Waals surface area contributed by atoms with Crippen molar-refractivity contribution in [2.24, 2.45) is 0 Å². The summed E-state index contributed by atoms with van der Waals surface area (Å²) in [5.74, 6) is -0.512. The van der Waals surface area contributed by atoms with Crippen molar-refractivity contribution >= 4 is 0 Å². The molecule has 2 rings (SSSR count). The maximum Gasteiger partial charge on any atom is 0.147 e. The summed E-state index contributed by atoms with van der Waals surface area (Å²) in [5.41, 5.74) is 1.61. The van der Waals surface area contributed by atoms with Gasteiger partial charge in [-0.25, -0.2) is 4.39 Å². The van der Waals surface area contributed by atoms with Crippen LogP contribution in [-0.4, -0.2) is 19.9 Å². The van der Waals surface area contributed by atoms with E-state index in [9.17, 15) is 9.50 Å². The molecule has 0 spiro atoms. The number of hydrogen-bond donors (Lipinski definition) is 1. The van der Waals surface area contributed by atoms with Crippen LogP contribution in [0.4, 0.5) is 4.39 Å². The van der Waals surface area contributed by atoms with Gasteiger partial charge < -0.3 is 5.11 Å². The Kier molecular flexibility index (Phi) is 3.19. The fourth-order valence-corrected chi connectivity index (χ4v) is 1.81. The van der Waals surface area contributed by atoms with E-state index >= 15 is 0 Å². The lowest BCUT2D eigenvalue weighted by Crippen LogP contribution is -2.10. The molecule has 1 unspecified atom stereocenters. The molecule has 0 fully saturated rings. The highest BCUT2D eigenvalue weighted by Crippen LogP contribution is 2.24. The molecule has 1 N–H and O–H groups in total. The standard InChI is InChI=1S/C12H14FN3O/c1-3-16-11(6-8(2)15-16)12(17)9-4-5-14-7-10(9)13/h4-7,12,17H,3H2,1-2H3. The molecule has 0 radical (unpaired) electrons. The molecule has 0 aliphatic rings. The van der Waals surface area contributed by atoms with Gasteiger partial charge in [0.2, 0.25) is 0 Å². The summed E-state index contributed by atoms with van der Waals surface area (Å²) in [6.07, 6.45) is 1.54. The van der Waals surface area contributed by atoms with Gasteiger partial charge in [-0.1, -0.05) is 0 Å². The van der Waals surface area contributed by atoms with Crippen LogP contribution in [0.2, 0.25) is 0 Å². The molecule has 2 aromatic rings. The maximum atomic E-state index is 13.5. The Morgan fingerprint density at radius 3 is 2.94 bits per heavy atom. The zero-order chi connectivity index (χ0) is 12.4. The number of rotatable bonds is 3. The molecule has 0 saturated heterocycles. The molecule has 17 heavy (non-hydrogen) atoms. The average Bonchev–Trinajstić information content (AvgIpc) is 2.70. The number of aryl methyl sites for hydroxylation is 2. The number of aliphatic hydroxyl groups excluding tert-OH is 1. The van der Waals surface area contributed by atoms with Crippen LogP contribution in [0.3, 0.4) is 0 Å². The average molecular weight is 235 g/mol. The lowest BCUT2D eigenvalue weighted by Gasteiger charge is -2.12. The molecule has 0 bridgehead atoms. The van der Waals surface area contributed by atoms with Crippen molar-refractivity contribution in [2.45, 2.75) is 26.5 Å². The second kappa shape index (κ2) is 4.63. The summed E-state index contributed by atoms with van der Waals surface area (Å²) < 4.78 is 15.2. The number of aromatic nitrogens is 3. The van der Waals surface area contributed by atoms with E-state index in [-0.39, 0.29) is 5.56 Å². The van der Waals surface area contributed by atoms with Crippen LogP contribution >= 0.6 is 0 Å². The van der Waals surface area contributed by atoms with Crippen molar-refractivity contribution in [3.63, 3.8) is 0 Å². The van der Waals surface area contributed by atoms with Crippen LogP contribution in [0.5, 0.6) is 0 Å². The fourth-order valence-electron chi connectivity index (χ4n) is 1.81. The summed E-state index contributed by atoms with van der Waals surface area (Å²) in [5, 5.41) is 14.4. The minimum atomic E-state index is -1.01. The molecule has 1 atom stereocenters. The van der Waals surface area contributed by atoms with Gasteiger partial charge in [0.1, 0.15) is 11.9 Å². The highest BCUT2D eigenvalue weighted by atomic mass is 19.1. The smallest absolute Gasteiger partial charge is 0.147 e. The first kappa shape index (κ1) is 11.7. The molecule has 0 amide bonds. The van der Waals surface area contributed by atoms with Gasteiger partial charge in [-0.05, 0) is 26.0 Å². The molecule has 0 aliphatic carbocycles. The molecule has 0 saturated carbocycles. The summed E-state index contributed by atoms with van der Waals surface area (Å²) in [6.45, 7) is 4.39. The summed E-state index contributed by atoms with van der Waals surface area (Å²) in [7, 11) is 0. The van der Waals surface area contributed by atoms with Crippen LogP contribution < -0.4 is 0 Å². The second-order valence-electron chi connectivity index (χ2n) is 3.83. The van der Waals surface area contributed by atoms with Crippen molar-refractivity contribution in [1.82, 2.24) is 14.8 Å². The third kappa shape index (κ3) is 2.19. The van der Waals surface area contributed by atoms with Gasteiger partial charge >= 0.3 is 0 Å². The van der Waals surface area contributed by atoms with E-state index in [0.717, 1.165) is 11.9 Å². The van der Waals surface area contributed by atoms with Gasteiger partial charge in [-0.3, -0.25) is 9.67 Å². The predicted molar refractivity (Wildman–Crippen MR) is 60.9 cm³/mol. The normalized spacial score (nSPS) is 12.7. The van der Waals surface area contributed by atoms with E-state index in [1.807, 2.05) is 13.8 Å². The lowest BCUT2D eigenvalue weighted by molar-refractivity contribution is 0.202. The van der Waals surface area contributed by atoms with E-state index in [1.54, 1.807) is 10.7 Å². The Hall–Kier alpha value is -1.75. The Labute approximate surface area is 98.7 Å². The van der Waals surface area contributed by atoms with Gasteiger partial charge in [0, 0.05) is 18.3 Å². The molecule has 0 aromatic carbocycles. The maximum absolute atomic E-state index is 13.5. The summed E-state index contributed by atoms with van der Waals surface area (Å²) in [4.78, 5) is 3.66. The van der Waals surface area contributed by atoms with E-state index in [2.05, 4.69) is 10.1 Å². The first-order valence-electron chi connectivity index (χ1n) is 5.45. The first-order valence-corrected chi connectivity index (χ1v) is 5.45. The van der Waals surface area contributed by atoms with Gasteiger partial charge in [0.15, 0.2) is 0 Å². The van der Waals surface area contributed by atoms with Crippen LogP contribution in [-0.2, 0) is 6.54 Å². The van der Waals surface area contributed by atoms with E-state index in [1.165, 1.54) is 12.3 Å². The van der Waals surface area contributed by atoms with Crippen molar-refractivity contribution < 1.29 is 9.50 Å². The van der Waals surface area contributed by atoms with E-state index in [0.29, 0.717) is 12.2 Å². The third-order valence-electron chi connectivity index (χ3n) is 2.61. The minimum absolute atomic E-state index is 0.217. The third-order valence-corrected chi connectivity index (χ3v) is 2.61. The van der Waals surface area contributed by atoms with Crippen molar-refractivity contribution in [2.75, 3.05) is 0 Å². The quantitative estimate of drug-likeness (QED) is 0.883. The minimum Gasteiger partial charge on any atom is -0.382 e. The van der Waals surface area contributed by atoms with Gasteiger partial charge in [-0.2, -0.15) is 5.10 Å². The van der Waals surface area contributed by atoms with Crippen LogP contribution in [0.25, 0.3) is 0 Å². The van der Waals surface area contributed by atoms with E-state index in [4.69, 9.17) is 0 Å².